The minimum Gasteiger partial charge on any atom is -0.368 e. The number of anilines is 1. The first-order chi connectivity index (χ1) is 17.6. The van der Waals surface area contributed by atoms with E-state index in [9.17, 15) is 9.59 Å². The molecule has 1 saturated heterocycles. The summed E-state index contributed by atoms with van der Waals surface area (Å²) in [4.78, 5) is 39.0. The average molecular weight is 502 g/mol. The molecule has 0 bridgehead atoms. The number of aromatic nitrogens is 5. The van der Waals surface area contributed by atoms with Gasteiger partial charge in [-0.25, -0.2) is 14.8 Å². The zero-order valence-electron chi connectivity index (χ0n) is 22.3. The molecule has 0 unspecified atom stereocenters. The van der Waals surface area contributed by atoms with Gasteiger partial charge in [0.2, 0.25) is 5.91 Å². The van der Waals surface area contributed by atoms with Gasteiger partial charge in [0, 0.05) is 70.5 Å². The third-order valence-electron chi connectivity index (χ3n) is 6.98. The van der Waals surface area contributed by atoms with Crippen LogP contribution >= 0.6 is 0 Å². The fourth-order valence-electron chi connectivity index (χ4n) is 4.95. The quantitative estimate of drug-likeness (QED) is 0.420. The Morgan fingerprint density at radius 1 is 1.03 bits per heavy atom. The van der Waals surface area contributed by atoms with Gasteiger partial charge in [0.25, 0.3) is 0 Å². The summed E-state index contributed by atoms with van der Waals surface area (Å²) in [6.45, 7) is 9.92. The molecule has 0 spiro atoms. The Morgan fingerprint density at radius 3 is 2.46 bits per heavy atom. The first-order valence-corrected chi connectivity index (χ1v) is 12.8. The van der Waals surface area contributed by atoms with Crippen molar-refractivity contribution in [1.29, 1.82) is 0 Å². The molecule has 1 aromatic carbocycles. The number of carbonyl (C=O) groups is 1. The van der Waals surface area contributed by atoms with Gasteiger partial charge in [0.1, 0.15) is 5.82 Å². The van der Waals surface area contributed by atoms with Gasteiger partial charge in [-0.3, -0.25) is 13.9 Å². The summed E-state index contributed by atoms with van der Waals surface area (Å²) < 4.78 is 5.34. The summed E-state index contributed by atoms with van der Waals surface area (Å²) in [5.74, 6) is 0.903. The number of hydrogen-bond donors (Lipinski definition) is 0. The Labute approximate surface area is 217 Å². The predicted molar refractivity (Wildman–Crippen MR) is 146 cm³/mol. The van der Waals surface area contributed by atoms with Crippen LogP contribution in [-0.2, 0) is 31.9 Å². The van der Waals surface area contributed by atoms with Gasteiger partial charge in [-0.15, -0.1) is 0 Å². The van der Waals surface area contributed by atoms with E-state index in [1.165, 1.54) is 0 Å². The third kappa shape index (κ3) is 5.03. The molecule has 37 heavy (non-hydrogen) atoms. The largest absolute Gasteiger partial charge is 0.368 e. The summed E-state index contributed by atoms with van der Waals surface area (Å²) in [7, 11) is 3.69. The Bertz CT molecular complexity index is 1500. The van der Waals surface area contributed by atoms with Gasteiger partial charge in [0.15, 0.2) is 5.65 Å². The van der Waals surface area contributed by atoms with Crippen LogP contribution in [0.5, 0.6) is 0 Å². The van der Waals surface area contributed by atoms with Crippen LogP contribution in [0.4, 0.5) is 5.69 Å². The summed E-state index contributed by atoms with van der Waals surface area (Å²) in [6, 6.07) is 12.3. The van der Waals surface area contributed by atoms with E-state index in [0.29, 0.717) is 31.7 Å². The molecule has 4 heterocycles. The monoisotopic (exact) mass is 501 g/mol. The molecule has 0 radical (unpaired) electrons. The maximum absolute atomic E-state index is 12.9. The summed E-state index contributed by atoms with van der Waals surface area (Å²) in [5, 5.41) is 0. The van der Waals surface area contributed by atoms with E-state index in [1.807, 2.05) is 45.5 Å². The van der Waals surface area contributed by atoms with Crippen molar-refractivity contribution in [2.24, 2.45) is 19.5 Å². The highest BCUT2D eigenvalue weighted by Crippen LogP contribution is 2.27. The van der Waals surface area contributed by atoms with Crippen molar-refractivity contribution >= 4 is 22.8 Å². The van der Waals surface area contributed by atoms with Crippen molar-refractivity contribution in [3.8, 4) is 11.3 Å². The number of fused-ring (bicyclic) bond motifs is 1. The van der Waals surface area contributed by atoms with Crippen molar-refractivity contribution in [2.45, 2.75) is 33.7 Å². The van der Waals surface area contributed by atoms with E-state index in [4.69, 9.17) is 4.98 Å². The van der Waals surface area contributed by atoms with Gasteiger partial charge < -0.3 is 14.4 Å². The fourth-order valence-corrected chi connectivity index (χ4v) is 4.95. The molecule has 5 rings (SSSR count). The Morgan fingerprint density at radius 2 is 1.78 bits per heavy atom. The van der Waals surface area contributed by atoms with Crippen molar-refractivity contribution in [3.05, 3.63) is 65.1 Å². The lowest BCUT2D eigenvalue weighted by Gasteiger charge is -2.36. The number of piperazine rings is 1. The molecule has 4 aromatic rings. The second-order valence-corrected chi connectivity index (χ2v) is 11.1. The second kappa shape index (κ2) is 9.53. The molecule has 194 valence electrons. The number of hydrogen-bond acceptors (Lipinski definition) is 5. The highest BCUT2D eigenvalue weighted by atomic mass is 16.2. The number of aryl methyl sites for hydroxylation is 2. The molecule has 9 nitrogen and oxygen atoms in total. The standard InChI is InChI=1S/C28H35N7O2/c1-28(2,3)19-35-23-10-9-22(30-26(23)32(5)27(35)37)20-7-6-8-21(17-20)33-13-15-34(16-14-33)25(36)18-24-29-11-12-31(24)4/h6-12,17H,13-16,18-19H2,1-5H3. The molecule has 0 atom stereocenters. The maximum atomic E-state index is 12.9. The van der Waals surface area contributed by atoms with Crippen molar-refractivity contribution < 1.29 is 4.79 Å². The average Bonchev–Trinajstić information content (AvgIpc) is 3.38. The summed E-state index contributed by atoms with van der Waals surface area (Å²) >= 11 is 0. The molecular weight excluding hydrogens is 466 g/mol. The molecule has 0 saturated carbocycles. The lowest BCUT2D eigenvalue weighted by atomic mass is 9.97. The van der Waals surface area contributed by atoms with Crippen molar-refractivity contribution in [1.82, 2.24) is 28.6 Å². The molecule has 1 fully saturated rings. The van der Waals surface area contributed by atoms with Crippen molar-refractivity contribution in [3.63, 3.8) is 0 Å². The predicted octanol–water partition coefficient (Wildman–Crippen LogP) is 3.07. The maximum Gasteiger partial charge on any atom is 0.330 e. The van der Waals surface area contributed by atoms with Crippen LogP contribution in [0.2, 0.25) is 0 Å². The number of benzene rings is 1. The lowest BCUT2D eigenvalue weighted by molar-refractivity contribution is -0.130. The van der Waals surface area contributed by atoms with Gasteiger partial charge >= 0.3 is 5.69 Å². The molecule has 0 N–H and O–H groups in total. The minimum atomic E-state index is -0.0429. The van der Waals surface area contributed by atoms with Gasteiger partial charge in [0.05, 0.1) is 17.6 Å². The number of rotatable bonds is 5. The molecule has 0 aliphatic carbocycles. The summed E-state index contributed by atoms with van der Waals surface area (Å²) in [5.41, 5.74) is 4.43. The van der Waals surface area contributed by atoms with Crippen LogP contribution in [0.25, 0.3) is 22.4 Å². The fraction of sp³-hybridized carbons (Fsp3) is 0.429. The van der Waals surface area contributed by atoms with Crippen LogP contribution in [0.3, 0.4) is 0 Å². The number of nitrogens with zero attached hydrogens (tertiary/aromatic N) is 7. The van der Waals surface area contributed by atoms with E-state index in [1.54, 1.807) is 17.8 Å². The second-order valence-electron chi connectivity index (χ2n) is 11.1. The molecule has 3 aromatic heterocycles. The van der Waals surface area contributed by atoms with Gasteiger partial charge in [-0.05, 0) is 29.7 Å². The summed E-state index contributed by atoms with van der Waals surface area (Å²) in [6.07, 6.45) is 3.91. The van der Waals surface area contributed by atoms with Gasteiger partial charge in [-0.2, -0.15) is 0 Å². The molecular formula is C28H35N7O2. The zero-order valence-corrected chi connectivity index (χ0v) is 22.3. The van der Waals surface area contributed by atoms with E-state index >= 15 is 0 Å². The Kier molecular flexibility index (Phi) is 6.39. The van der Waals surface area contributed by atoms with E-state index in [2.05, 4.69) is 48.9 Å². The third-order valence-corrected chi connectivity index (χ3v) is 6.98. The molecule has 1 aliphatic heterocycles. The highest BCUT2D eigenvalue weighted by molar-refractivity contribution is 5.79. The van der Waals surface area contributed by atoms with E-state index in [-0.39, 0.29) is 17.0 Å². The normalized spacial score (nSPS) is 14.5. The highest BCUT2D eigenvalue weighted by Gasteiger charge is 2.23. The number of pyridine rings is 1. The van der Waals surface area contributed by atoms with Crippen LogP contribution in [0.1, 0.15) is 26.6 Å². The van der Waals surface area contributed by atoms with Crippen LogP contribution in [-0.4, -0.2) is 60.7 Å². The molecule has 1 amide bonds. The SMILES string of the molecule is Cn1ccnc1CC(=O)N1CCN(c2cccc(-c3ccc4c(n3)n(C)c(=O)n4CC(C)(C)C)c2)CC1. The number of amides is 1. The first kappa shape index (κ1) is 24.8. The van der Waals surface area contributed by atoms with E-state index < -0.39 is 0 Å². The van der Waals surface area contributed by atoms with Crippen LogP contribution < -0.4 is 10.6 Å². The number of carbonyl (C=O) groups excluding carboxylic acids is 1. The Balaban J connectivity index is 1.32. The van der Waals surface area contributed by atoms with Crippen LogP contribution in [0.15, 0.2) is 53.6 Å². The first-order valence-electron chi connectivity index (χ1n) is 12.8. The van der Waals surface area contributed by atoms with Crippen LogP contribution in [0, 0.1) is 5.41 Å². The van der Waals surface area contributed by atoms with E-state index in [0.717, 1.165) is 41.4 Å². The molecule has 9 heteroatoms. The molecule has 1 aliphatic rings. The van der Waals surface area contributed by atoms with Crippen molar-refractivity contribution in [2.75, 3.05) is 31.1 Å². The smallest absolute Gasteiger partial charge is 0.330 e. The lowest BCUT2D eigenvalue weighted by Crippen LogP contribution is -2.49. The zero-order chi connectivity index (χ0) is 26.3. The topological polar surface area (TPSA) is 81.2 Å². The minimum absolute atomic E-state index is 0.0159. The Hall–Kier alpha value is -3.88. The number of imidazole rings is 2. The van der Waals surface area contributed by atoms with Gasteiger partial charge in [-0.1, -0.05) is 32.9 Å².